The van der Waals surface area contributed by atoms with Crippen molar-refractivity contribution >= 4 is 23.7 Å². The molecule has 2 unspecified atom stereocenters. The van der Waals surface area contributed by atoms with E-state index < -0.39 is 23.8 Å². The summed E-state index contributed by atoms with van der Waals surface area (Å²) in [5.41, 5.74) is 1.82. The first-order valence-electron chi connectivity index (χ1n) is 7.38. The summed E-state index contributed by atoms with van der Waals surface area (Å²) in [6.45, 7) is 1.83. The van der Waals surface area contributed by atoms with Gasteiger partial charge in [0.15, 0.2) is 0 Å². The van der Waals surface area contributed by atoms with Crippen LogP contribution in [0.5, 0.6) is 0 Å². The Labute approximate surface area is 132 Å². The highest BCUT2D eigenvalue weighted by molar-refractivity contribution is 6.05. The number of imide groups is 1. The molecule has 0 saturated carbocycles. The van der Waals surface area contributed by atoms with Gasteiger partial charge < -0.3 is 10.0 Å². The lowest BCUT2D eigenvalue weighted by molar-refractivity contribution is -0.139. The molecule has 2 atom stereocenters. The molecule has 3 rings (SSSR count). The zero-order chi connectivity index (χ0) is 16.7. The number of hydrogen-bond acceptors (Lipinski definition) is 4. The lowest BCUT2D eigenvalue weighted by Gasteiger charge is -2.29. The van der Waals surface area contributed by atoms with Gasteiger partial charge in [-0.3, -0.25) is 24.5 Å². The lowest BCUT2D eigenvalue weighted by Crippen LogP contribution is -2.52. The van der Waals surface area contributed by atoms with Crippen LogP contribution in [0.3, 0.4) is 0 Å². The molecule has 2 heterocycles. The number of piperidine rings is 1. The van der Waals surface area contributed by atoms with E-state index in [1.165, 1.54) is 4.90 Å². The van der Waals surface area contributed by atoms with Crippen LogP contribution < -0.4 is 5.32 Å². The molecule has 3 amide bonds. The number of nitrogens with one attached hydrogen (secondary N) is 1. The summed E-state index contributed by atoms with van der Waals surface area (Å²) in [5, 5.41) is 11.3. The third-order valence-corrected chi connectivity index (χ3v) is 4.42. The Balaban J connectivity index is 1.86. The van der Waals surface area contributed by atoms with Gasteiger partial charge in [-0.1, -0.05) is 12.1 Å². The van der Waals surface area contributed by atoms with Crippen molar-refractivity contribution in [1.82, 2.24) is 10.2 Å². The first-order valence-corrected chi connectivity index (χ1v) is 7.38. The van der Waals surface area contributed by atoms with E-state index in [2.05, 4.69) is 5.32 Å². The largest absolute Gasteiger partial charge is 0.481 e. The fourth-order valence-electron chi connectivity index (χ4n) is 3.01. The summed E-state index contributed by atoms with van der Waals surface area (Å²) in [6.07, 6.45) is 0.514. The molecule has 120 valence electrons. The second-order valence-corrected chi connectivity index (χ2v) is 5.88. The van der Waals surface area contributed by atoms with E-state index in [-0.39, 0.29) is 24.8 Å². The van der Waals surface area contributed by atoms with Crippen molar-refractivity contribution in [3.05, 3.63) is 34.9 Å². The average Bonchev–Trinajstić information content (AvgIpc) is 2.83. The second kappa shape index (κ2) is 5.49. The Hall–Kier alpha value is -2.70. The van der Waals surface area contributed by atoms with E-state index in [1.807, 2.05) is 0 Å². The summed E-state index contributed by atoms with van der Waals surface area (Å²) in [5.74, 6) is -2.64. The molecular formula is C16H16N2O5. The number of rotatable bonds is 3. The minimum absolute atomic E-state index is 0.206. The predicted octanol–water partition coefficient (Wildman–Crippen LogP) is 0.636. The molecule has 23 heavy (non-hydrogen) atoms. The van der Waals surface area contributed by atoms with Crippen LogP contribution in [0.25, 0.3) is 0 Å². The minimum Gasteiger partial charge on any atom is -0.481 e. The van der Waals surface area contributed by atoms with Crippen molar-refractivity contribution in [2.75, 3.05) is 0 Å². The monoisotopic (exact) mass is 316 g/mol. The Morgan fingerprint density at radius 1 is 1.35 bits per heavy atom. The van der Waals surface area contributed by atoms with Crippen LogP contribution in [0.1, 0.15) is 47.2 Å². The van der Waals surface area contributed by atoms with Gasteiger partial charge in [0.2, 0.25) is 11.8 Å². The highest BCUT2D eigenvalue weighted by Crippen LogP contribution is 2.30. The Morgan fingerprint density at radius 3 is 2.74 bits per heavy atom. The molecule has 7 heteroatoms. The molecule has 1 aromatic rings. The van der Waals surface area contributed by atoms with Gasteiger partial charge in [0, 0.05) is 18.5 Å². The standard InChI is InChI=1S/C16H16N2O5/c1-8(16(22)23)9-2-3-11-10(6-9)7-18(15(11)21)12-4-5-13(19)17-14(12)20/h2-3,6,8,12H,4-5,7H2,1H3,(H,22,23)(H,17,19,20). The maximum Gasteiger partial charge on any atom is 0.310 e. The van der Waals surface area contributed by atoms with E-state index in [4.69, 9.17) is 5.11 Å². The molecule has 1 aromatic carbocycles. The highest BCUT2D eigenvalue weighted by atomic mass is 16.4. The maximum absolute atomic E-state index is 12.5. The van der Waals surface area contributed by atoms with Crippen LogP contribution in [0.2, 0.25) is 0 Å². The van der Waals surface area contributed by atoms with Gasteiger partial charge >= 0.3 is 5.97 Å². The molecule has 2 aliphatic rings. The molecule has 0 spiro atoms. The van der Waals surface area contributed by atoms with Crippen molar-refractivity contribution < 1.29 is 24.3 Å². The summed E-state index contributed by atoms with van der Waals surface area (Å²) >= 11 is 0. The number of carbonyl (C=O) groups is 4. The molecule has 1 fully saturated rings. The maximum atomic E-state index is 12.5. The Bertz CT molecular complexity index is 727. The topological polar surface area (TPSA) is 104 Å². The zero-order valence-corrected chi connectivity index (χ0v) is 12.5. The van der Waals surface area contributed by atoms with E-state index in [1.54, 1.807) is 25.1 Å². The third kappa shape index (κ3) is 2.58. The summed E-state index contributed by atoms with van der Waals surface area (Å²) in [6, 6.07) is 4.28. The highest BCUT2D eigenvalue weighted by Gasteiger charge is 2.39. The van der Waals surface area contributed by atoms with Crippen LogP contribution in [-0.2, 0) is 20.9 Å². The van der Waals surface area contributed by atoms with Crippen molar-refractivity contribution in [3.63, 3.8) is 0 Å². The van der Waals surface area contributed by atoms with Gasteiger partial charge in [0.1, 0.15) is 6.04 Å². The number of amides is 3. The number of aliphatic carboxylic acids is 1. The van der Waals surface area contributed by atoms with E-state index in [0.29, 0.717) is 23.1 Å². The SMILES string of the molecule is CC(C(=O)O)c1ccc2c(c1)CN(C1CCC(=O)NC1=O)C2=O. The molecule has 0 aromatic heterocycles. The van der Waals surface area contributed by atoms with E-state index in [9.17, 15) is 19.2 Å². The van der Waals surface area contributed by atoms with Gasteiger partial charge in [-0.05, 0) is 30.5 Å². The summed E-state index contributed by atoms with van der Waals surface area (Å²) in [7, 11) is 0. The van der Waals surface area contributed by atoms with Gasteiger partial charge in [-0.15, -0.1) is 0 Å². The van der Waals surface area contributed by atoms with Gasteiger partial charge in [0.05, 0.1) is 5.92 Å². The van der Waals surface area contributed by atoms with Crippen LogP contribution in [-0.4, -0.2) is 39.7 Å². The van der Waals surface area contributed by atoms with Crippen LogP contribution in [0, 0.1) is 0 Å². The van der Waals surface area contributed by atoms with Gasteiger partial charge in [-0.25, -0.2) is 0 Å². The van der Waals surface area contributed by atoms with E-state index >= 15 is 0 Å². The number of carboxylic acids is 1. The number of fused-ring (bicyclic) bond motifs is 1. The number of carboxylic acid groups (broad SMARTS) is 1. The number of hydrogen-bond donors (Lipinski definition) is 2. The summed E-state index contributed by atoms with van der Waals surface area (Å²) < 4.78 is 0. The van der Waals surface area contributed by atoms with Crippen LogP contribution in [0.15, 0.2) is 18.2 Å². The fourth-order valence-corrected chi connectivity index (χ4v) is 3.01. The molecular weight excluding hydrogens is 300 g/mol. The second-order valence-electron chi connectivity index (χ2n) is 5.88. The van der Waals surface area contributed by atoms with Gasteiger partial charge in [-0.2, -0.15) is 0 Å². The minimum atomic E-state index is -0.934. The molecule has 7 nitrogen and oxygen atoms in total. The van der Waals surface area contributed by atoms with Crippen molar-refractivity contribution in [2.45, 2.75) is 38.3 Å². The fraction of sp³-hybridized carbons (Fsp3) is 0.375. The van der Waals surface area contributed by atoms with Crippen LogP contribution in [0.4, 0.5) is 0 Å². The molecule has 0 aliphatic carbocycles. The third-order valence-electron chi connectivity index (χ3n) is 4.42. The lowest BCUT2D eigenvalue weighted by atomic mass is 9.97. The van der Waals surface area contributed by atoms with Crippen LogP contribution >= 0.6 is 0 Å². The smallest absolute Gasteiger partial charge is 0.310 e. The van der Waals surface area contributed by atoms with Crippen molar-refractivity contribution in [1.29, 1.82) is 0 Å². The number of nitrogens with zero attached hydrogens (tertiary/aromatic N) is 1. The predicted molar refractivity (Wildman–Crippen MR) is 78.5 cm³/mol. The first-order chi connectivity index (χ1) is 10.9. The van der Waals surface area contributed by atoms with E-state index in [0.717, 1.165) is 0 Å². The zero-order valence-electron chi connectivity index (χ0n) is 12.5. The molecule has 2 N–H and O–H groups in total. The molecule has 1 saturated heterocycles. The first kappa shape index (κ1) is 15.2. The van der Waals surface area contributed by atoms with Gasteiger partial charge in [0.25, 0.3) is 5.91 Å². The normalized spacial score (nSPS) is 21.9. The van der Waals surface area contributed by atoms with Crippen molar-refractivity contribution in [3.8, 4) is 0 Å². The summed E-state index contributed by atoms with van der Waals surface area (Å²) in [4.78, 5) is 48.2. The molecule has 0 radical (unpaired) electrons. The molecule has 0 bridgehead atoms. The quantitative estimate of drug-likeness (QED) is 0.796. The number of benzene rings is 1. The molecule has 2 aliphatic heterocycles. The van der Waals surface area contributed by atoms with Crippen molar-refractivity contribution in [2.24, 2.45) is 0 Å². The Kier molecular flexibility index (Phi) is 3.63. The Morgan fingerprint density at radius 2 is 2.09 bits per heavy atom. The number of carbonyl (C=O) groups excluding carboxylic acids is 3. The average molecular weight is 316 g/mol.